The van der Waals surface area contributed by atoms with E-state index in [0.717, 1.165) is 33.8 Å². The number of hydrogen-bond acceptors (Lipinski definition) is 7. The van der Waals surface area contributed by atoms with Crippen LogP contribution in [0.3, 0.4) is 0 Å². The molecule has 35 heavy (non-hydrogen) atoms. The molecule has 1 aromatic heterocycles. The highest BCUT2D eigenvalue weighted by molar-refractivity contribution is 6.31. The Bertz CT molecular complexity index is 1090. The Morgan fingerprint density at radius 2 is 1.86 bits per heavy atom. The smallest absolute Gasteiger partial charge is 0.246 e. The van der Waals surface area contributed by atoms with Crippen LogP contribution >= 0.6 is 11.6 Å². The fourth-order valence-corrected chi connectivity index (χ4v) is 3.76. The molecular weight excluding hydrogens is 468 g/mol. The van der Waals surface area contributed by atoms with Crippen LogP contribution in [0.2, 0.25) is 5.02 Å². The van der Waals surface area contributed by atoms with Crippen molar-refractivity contribution in [2.24, 2.45) is 0 Å². The minimum absolute atomic E-state index is 0.0258. The molecule has 0 radical (unpaired) electrons. The topological polar surface area (TPSA) is 98.5 Å². The molecule has 0 fully saturated rings. The molecule has 9 heteroatoms. The van der Waals surface area contributed by atoms with Crippen molar-refractivity contribution in [1.82, 2.24) is 15.5 Å². The zero-order valence-corrected chi connectivity index (χ0v) is 22.2. The number of methoxy groups -OCH3 is 2. The van der Waals surface area contributed by atoms with Gasteiger partial charge in [0, 0.05) is 28.7 Å². The van der Waals surface area contributed by atoms with Crippen molar-refractivity contribution in [3.05, 3.63) is 52.4 Å². The molecule has 0 aliphatic carbocycles. The molecule has 1 amide bonds. The zero-order valence-electron chi connectivity index (χ0n) is 21.5. The lowest BCUT2D eigenvalue weighted by Crippen LogP contribution is -2.29. The number of amides is 1. The standard InChI is InChI=1S/C22H23ClN4O4.2C2H6/c1-12-6-17-14(8-16(12)23)7-15(25-17)10-20(28)24-11-21-26-22(27-31-21)13-4-5-18(29-2)19(9-13)30-3;2*1-2/h4-6,8-9,15,25H,7,10-11H2,1-3H3,(H,24,28);2*1-2H3. The first-order chi connectivity index (χ1) is 17.0. The van der Waals surface area contributed by atoms with Crippen LogP contribution in [-0.4, -0.2) is 36.3 Å². The van der Waals surface area contributed by atoms with E-state index in [4.69, 9.17) is 25.6 Å². The Balaban J connectivity index is 0.00000103. The summed E-state index contributed by atoms with van der Waals surface area (Å²) in [4.78, 5) is 16.7. The van der Waals surface area contributed by atoms with Gasteiger partial charge in [0.15, 0.2) is 11.5 Å². The third-order valence-electron chi connectivity index (χ3n) is 5.19. The predicted molar refractivity (Wildman–Crippen MR) is 139 cm³/mol. The summed E-state index contributed by atoms with van der Waals surface area (Å²) in [6, 6.07) is 9.36. The lowest BCUT2D eigenvalue weighted by atomic mass is 10.1. The SMILES string of the molecule is CC.CC.COc1ccc(-c2noc(CNC(=O)CC3Cc4cc(Cl)c(C)cc4N3)n2)cc1OC. The van der Waals surface area contributed by atoms with Gasteiger partial charge in [0.05, 0.1) is 20.8 Å². The van der Waals surface area contributed by atoms with Crippen molar-refractivity contribution in [3.63, 3.8) is 0 Å². The summed E-state index contributed by atoms with van der Waals surface area (Å²) in [7, 11) is 3.13. The normalized spacial score (nSPS) is 13.3. The number of nitrogens with zero attached hydrogens (tertiary/aromatic N) is 2. The van der Waals surface area contributed by atoms with Crippen LogP contribution < -0.4 is 20.1 Å². The minimum Gasteiger partial charge on any atom is -0.493 e. The quantitative estimate of drug-likeness (QED) is 0.420. The average molecular weight is 503 g/mol. The number of carbonyl (C=O) groups is 1. The van der Waals surface area contributed by atoms with Gasteiger partial charge in [0.1, 0.15) is 0 Å². The van der Waals surface area contributed by atoms with Crippen molar-refractivity contribution in [1.29, 1.82) is 0 Å². The minimum atomic E-state index is -0.0982. The maximum atomic E-state index is 12.4. The molecular formula is C26H35ClN4O4. The second-order valence-corrected chi connectivity index (χ2v) is 7.77. The van der Waals surface area contributed by atoms with Crippen LogP contribution in [0.1, 0.15) is 51.1 Å². The lowest BCUT2D eigenvalue weighted by molar-refractivity contribution is -0.121. The molecule has 0 bridgehead atoms. The molecule has 8 nitrogen and oxygen atoms in total. The van der Waals surface area contributed by atoms with Crippen LogP contribution in [0, 0.1) is 6.92 Å². The molecule has 4 rings (SSSR count). The zero-order chi connectivity index (χ0) is 26.0. The second kappa shape index (κ2) is 13.6. The maximum Gasteiger partial charge on any atom is 0.246 e. The number of rotatable bonds is 7. The summed E-state index contributed by atoms with van der Waals surface area (Å²) >= 11 is 6.20. The highest BCUT2D eigenvalue weighted by Crippen LogP contribution is 2.32. The molecule has 0 saturated carbocycles. The van der Waals surface area contributed by atoms with Gasteiger partial charge in [-0.25, -0.2) is 0 Å². The van der Waals surface area contributed by atoms with E-state index in [1.54, 1.807) is 26.4 Å². The summed E-state index contributed by atoms with van der Waals surface area (Å²) in [5.41, 5.74) is 3.90. The van der Waals surface area contributed by atoms with Crippen LogP contribution in [0.25, 0.3) is 11.4 Å². The van der Waals surface area contributed by atoms with Crippen molar-refractivity contribution >= 4 is 23.2 Å². The van der Waals surface area contributed by atoms with Gasteiger partial charge in [-0.15, -0.1) is 0 Å². The lowest BCUT2D eigenvalue weighted by Gasteiger charge is -2.10. The second-order valence-electron chi connectivity index (χ2n) is 7.37. The van der Waals surface area contributed by atoms with Crippen molar-refractivity contribution < 1.29 is 18.8 Å². The first-order valence-corrected chi connectivity index (χ1v) is 12.2. The van der Waals surface area contributed by atoms with Crippen LogP contribution in [0.15, 0.2) is 34.9 Å². The van der Waals surface area contributed by atoms with Gasteiger partial charge in [0.2, 0.25) is 17.6 Å². The Labute approximate surface area is 212 Å². The van der Waals surface area contributed by atoms with Crippen LogP contribution in [0.4, 0.5) is 5.69 Å². The Morgan fingerprint density at radius 1 is 1.14 bits per heavy atom. The first kappa shape index (κ1) is 28.0. The summed E-state index contributed by atoms with van der Waals surface area (Å²) in [5, 5.41) is 10.9. The van der Waals surface area contributed by atoms with E-state index < -0.39 is 0 Å². The van der Waals surface area contributed by atoms with Crippen molar-refractivity contribution in [2.75, 3.05) is 19.5 Å². The molecule has 1 aliphatic heterocycles. The van der Waals surface area contributed by atoms with Crippen molar-refractivity contribution in [3.8, 4) is 22.9 Å². The first-order valence-electron chi connectivity index (χ1n) is 11.8. The highest BCUT2D eigenvalue weighted by Gasteiger charge is 2.24. The van der Waals surface area contributed by atoms with Crippen molar-refractivity contribution in [2.45, 2.75) is 60.0 Å². The summed E-state index contributed by atoms with van der Waals surface area (Å²) < 4.78 is 15.8. The fourth-order valence-electron chi connectivity index (χ4n) is 3.57. The molecule has 0 saturated heterocycles. The van der Waals surface area contributed by atoms with Gasteiger partial charge >= 0.3 is 0 Å². The molecule has 3 aromatic rings. The number of hydrogen-bond donors (Lipinski definition) is 2. The van der Waals surface area contributed by atoms with E-state index in [-0.39, 0.29) is 18.5 Å². The van der Waals surface area contributed by atoms with Gasteiger partial charge in [-0.05, 0) is 54.8 Å². The van der Waals surface area contributed by atoms with Gasteiger partial charge in [0.25, 0.3) is 0 Å². The molecule has 0 spiro atoms. The van der Waals surface area contributed by atoms with E-state index in [0.29, 0.717) is 29.6 Å². The third-order valence-corrected chi connectivity index (χ3v) is 5.60. The van der Waals surface area contributed by atoms with E-state index in [1.165, 1.54) is 0 Å². The number of ether oxygens (including phenoxy) is 2. The predicted octanol–water partition coefficient (Wildman–Crippen LogP) is 5.81. The molecule has 1 atom stereocenters. The maximum absolute atomic E-state index is 12.4. The number of halogens is 1. The fraction of sp³-hybridized carbons (Fsp3) is 0.423. The summed E-state index contributed by atoms with van der Waals surface area (Å²) in [6.07, 6.45) is 1.09. The van der Waals surface area contributed by atoms with Crippen LogP contribution in [-0.2, 0) is 17.8 Å². The molecule has 1 aliphatic rings. The van der Waals surface area contributed by atoms with Gasteiger partial charge < -0.3 is 24.6 Å². The van der Waals surface area contributed by atoms with Gasteiger partial charge in [-0.2, -0.15) is 4.98 Å². The molecule has 2 N–H and O–H groups in total. The van der Waals surface area contributed by atoms with Gasteiger partial charge in [-0.1, -0.05) is 44.5 Å². The number of fused-ring (bicyclic) bond motifs is 1. The summed E-state index contributed by atoms with van der Waals surface area (Å²) in [6.45, 7) is 10.1. The van der Waals surface area contributed by atoms with E-state index in [1.807, 2.05) is 52.8 Å². The number of nitrogens with one attached hydrogen (secondary N) is 2. The number of carbonyl (C=O) groups excluding carboxylic acids is 1. The van der Waals surface area contributed by atoms with Crippen LogP contribution in [0.5, 0.6) is 11.5 Å². The molecule has 190 valence electrons. The number of aromatic nitrogens is 2. The van der Waals surface area contributed by atoms with E-state index in [2.05, 4.69) is 20.8 Å². The monoisotopic (exact) mass is 502 g/mol. The Hall–Kier alpha value is -3.26. The van der Waals surface area contributed by atoms with E-state index in [9.17, 15) is 4.79 Å². The summed E-state index contributed by atoms with van der Waals surface area (Å²) in [5.74, 6) is 1.82. The number of benzene rings is 2. The largest absolute Gasteiger partial charge is 0.493 e. The molecule has 2 heterocycles. The average Bonchev–Trinajstić information content (AvgIpc) is 3.51. The number of anilines is 1. The van der Waals surface area contributed by atoms with E-state index >= 15 is 0 Å². The van der Waals surface area contributed by atoms with Gasteiger partial charge in [-0.3, -0.25) is 4.79 Å². The molecule has 2 aromatic carbocycles. The highest BCUT2D eigenvalue weighted by atomic mass is 35.5. The third kappa shape index (κ3) is 7.11. The Kier molecular flexibility index (Phi) is 10.9. The number of aryl methyl sites for hydroxylation is 1. The molecule has 1 unspecified atom stereocenters. The Morgan fingerprint density at radius 3 is 2.54 bits per heavy atom.